The topological polar surface area (TPSA) is 60.4 Å². The van der Waals surface area contributed by atoms with Crippen LogP contribution in [0, 0.1) is 5.92 Å². The minimum Gasteiger partial charge on any atom is -0.491 e. The average molecular weight is 365 g/mol. The Morgan fingerprint density at radius 2 is 1.96 bits per heavy atom. The maximum absolute atomic E-state index is 6.22. The predicted molar refractivity (Wildman–Crippen MR) is 102 cm³/mol. The lowest BCUT2D eigenvalue weighted by Crippen LogP contribution is -2.13. The Kier molecular flexibility index (Phi) is 4.30. The van der Waals surface area contributed by atoms with Crippen molar-refractivity contribution in [2.75, 3.05) is 26.8 Å². The lowest BCUT2D eigenvalue weighted by atomic mass is 10.1. The van der Waals surface area contributed by atoms with Gasteiger partial charge in [0.25, 0.3) is 5.89 Å². The highest BCUT2D eigenvalue weighted by Gasteiger charge is 2.38. The van der Waals surface area contributed by atoms with Gasteiger partial charge in [-0.1, -0.05) is 24.3 Å². The summed E-state index contributed by atoms with van der Waals surface area (Å²) in [6.45, 7) is 3.35. The number of aromatic nitrogens is 2. The molecule has 1 saturated carbocycles. The highest BCUT2D eigenvalue weighted by Crippen LogP contribution is 2.36. The van der Waals surface area contributed by atoms with Gasteiger partial charge in [-0.2, -0.15) is 0 Å². The molecule has 2 heterocycles. The normalized spacial score (nSPS) is 21.5. The van der Waals surface area contributed by atoms with Crippen molar-refractivity contribution < 1.29 is 13.9 Å². The second-order valence-corrected chi connectivity index (χ2v) is 7.49. The zero-order valence-corrected chi connectivity index (χ0v) is 15.4. The summed E-state index contributed by atoms with van der Waals surface area (Å²) in [5.41, 5.74) is 0.831. The number of fused-ring (bicyclic) bond motifs is 1. The van der Waals surface area contributed by atoms with Crippen molar-refractivity contribution in [1.29, 1.82) is 0 Å². The van der Waals surface area contributed by atoms with Gasteiger partial charge in [0.1, 0.15) is 19.0 Å². The van der Waals surface area contributed by atoms with Crippen molar-refractivity contribution in [3.8, 4) is 17.2 Å². The smallest absolute Gasteiger partial charge is 0.251 e. The van der Waals surface area contributed by atoms with Gasteiger partial charge in [-0.05, 0) is 41.7 Å². The lowest BCUT2D eigenvalue weighted by Gasteiger charge is -2.11. The Balaban J connectivity index is 1.40. The molecule has 3 aromatic rings. The van der Waals surface area contributed by atoms with Gasteiger partial charge >= 0.3 is 0 Å². The monoisotopic (exact) mass is 365 g/mol. The number of benzene rings is 2. The summed E-state index contributed by atoms with van der Waals surface area (Å²) in [7, 11) is 1.61. The summed E-state index contributed by atoms with van der Waals surface area (Å²) in [6.07, 6.45) is 2.78. The molecule has 0 spiro atoms. The van der Waals surface area contributed by atoms with Crippen LogP contribution in [0.15, 0.2) is 40.8 Å². The molecule has 6 nitrogen and oxygen atoms in total. The highest BCUT2D eigenvalue weighted by atomic mass is 16.5. The molecule has 0 N–H and O–H groups in total. The molecule has 0 amide bonds. The molecule has 1 aliphatic heterocycles. The molecule has 1 saturated heterocycles. The zero-order chi connectivity index (χ0) is 18.2. The van der Waals surface area contributed by atoms with Gasteiger partial charge in [-0.3, -0.25) is 4.90 Å². The van der Waals surface area contributed by atoms with Crippen LogP contribution < -0.4 is 4.74 Å². The van der Waals surface area contributed by atoms with Gasteiger partial charge in [-0.15, -0.1) is 10.2 Å². The van der Waals surface area contributed by atoms with Crippen LogP contribution in [-0.2, 0) is 11.3 Å². The number of hydrogen-bond donors (Lipinski definition) is 0. The van der Waals surface area contributed by atoms with Gasteiger partial charge in [0.05, 0.1) is 11.6 Å². The Morgan fingerprint density at radius 3 is 2.74 bits per heavy atom. The number of hydrogen-bond acceptors (Lipinski definition) is 6. The molecule has 140 valence electrons. The quantitative estimate of drug-likeness (QED) is 0.569. The van der Waals surface area contributed by atoms with Gasteiger partial charge < -0.3 is 13.9 Å². The number of ether oxygens (including phenoxy) is 2. The van der Waals surface area contributed by atoms with Crippen LogP contribution in [0.4, 0.5) is 0 Å². The maximum Gasteiger partial charge on any atom is 0.251 e. The van der Waals surface area contributed by atoms with Crippen LogP contribution in [0.5, 0.6) is 5.75 Å². The molecule has 2 aromatic carbocycles. The van der Waals surface area contributed by atoms with Gasteiger partial charge in [-0.25, -0.2) is 0 Å². The van der Waals surface area contributed by atoms with Crippen LogP contribution in [0.25, 0.3) is 22.2 Å². The lowest BCUT2D eigenvalue weighted by molar-refractivity contribution is 0.160. The van der Waals surface area contributed by atoms with E-state index in [1.54, 1.807) is 7.11 Å². The van der Waals surface area contributed by atoms with Crippen LogP contribution >= 0.6 is 0 Å². The molecule has 6 heteroatoms. The molecule has 2 fully saturated rings. The van der Waals surface area contributed by atoms with Gasteiger partial charge in [0.2, 0.25) is 5.89 Å². The Bertz CT molecular complexity index is 951. The largest absolute Gasteiger partial charge is 0.491 e. The summed E-state index contributed by atoms with van der Waals surface area (Å²) < 4.78 is 17.1. The summed E-state index contributed by atoms with van der Waals surface area (Å²) in [4.78, 5) is 2.50. The molecule has 1 aromatic heterocycles. The van der Waals surface area contributed by atoms with Crippen molar-refractivity contribution in [3.63, 3.8) is 0 Å². The number of rotatable bonds is 8. The minimum absolute atomic E-state index is 0.301. The van der Waals surface area contributed by atoms with Crippen LogP contribution in [0.1, 0.15) is 18.7 Å². The Morgan fingerprint density at radius 1 is 1.15 bits per heavy atom. The van der Waals surface area contributed by atoms with Crippen molar-refractivity contribution >= 4 is 10.8 Å². The molecule has 0 radical (unpaired) electrons. The molecule has 2 aliphatic rings. The van der Waals surface area contributed by atoms with E-state index in [-0.39, 0.29) is 0 Å². The van der Waals surface area contributed by atoms with E-state index in [0.717, 1.165) is 34.5 Å². The fraction of sp³-hybridized carbons (Fsp3) is 0.429. The van der Waals surface area contributed by atoms with Crippen molar-refractivity contribution in [3.05, 3.63) is 42.3 Å². The van der Waals surface area contributed by atoms with Crippen LogP contribution in [-0.4, -0.2) is 47.9 Å². The molecule has 2 unspecified atom stereocenters. The fourth-order valence-electron chi connectivity index (χ4n) is 3.47. The van der Waals surface area contributed by atoms with E-state index in [9.17, 15) is 0 Å². The second kappa shape index (κ2) is 6.94. The molecular weight excluding hydrogens is 342 g/mol. The standard InChI is InChI=1S/C21H23N3O3/c1-25-13-20-22-23-21(27-20)18-8-15-4-2-3-5-16(15)9-19(18)26-12-17-11-24(17)10-14-6-7-14/h2-5,8-9,14,17H,6-7,10-13H2,1H3. The van der Waals surface area contributed by atoms with Crippen LogP contribution in [0.3, 0.4) is 0 Å². The summed E-state index contributed by atoms with van der Waals surface area (Å²) >= 11 is 0. The predicted octanol–water partition coefficient (Wildman–Crippen LogP) is 3.51. The van der Waals surface area contributed by atoms with E-state index in [1.807, 2.05) is 12.1 Å². The van der Waals surface area contributed by atoms with Crippen molar-refractivity contribution in [1.82, 2.24) is 15.1 Å². The fourth-order valence-corrected chi connectivity index (χ4v) is 3.47. The molecule has 5 rings (SSSR count). The van der Waals surface area contributed by atoms with Crippen molar-refractivity contribution in [2.24, 2.45) is 5.92 Å². The molecule has 27 heavy (non-hydrogen) atoms. The Hall–Kier alpha value is -2.44. The molecule has 2 atom stereocenters. The first-order valence-electron chi connectivity index (χ1n) is 9.51. The van der Waals surface area contributed by atoms with E-state index in [2.05, 4.69) is 39.4 Å². The highest BCUT2D eigenvalue weighted by molar-refractivity contribution is 5.89. The first-order chi connectivity index (χ1) is 13.3. The van der Waals surface area contributed by atoms with Crippen molar-refractivity contribution in [2.45, 2.75) is 25.5 Å². The number of methoxy groups -OCH3 is 1. The van der Waals surface area contributed by atoms with Crippen LogP contribution in [0.2, 0.25) is 0 Å². The van der Waals surface area contributed by atoms with Gasteiger partial charge in [0, 0.05) is 20.2 Å². The molecule has 1 aliphatic carbocycles. The summed E-state index contributed by atoms with van der Waals surface area (Å²) in [6, 6.07) is 12.9. The molecule has 0 bridgehead atoms. The average Bonchev–Trinajstić information content (AvgIpc) is 3.60. The first kappa shape index (κ1) is 16.7. The molecular formula is C21H23N3O3. The zero-order valence-electron chi connectivity index (χ0n) is 15.4. The minimum atomic E-state index is 0.301. The Labute approximate surface area is 158 Å². The summed E-state index contributed by atoms with van der Waals surface area (Å²) in [5, 5.41) is 10.5. The van der Waals surface area contributed by atoms with Gasteiger partial charge in [0.15, 0.2) is 0 Å². The van der Waals surface area contributed by atoms with E-state index in [0.29, 0.717) is 31.0 Å². The second-order valence-electron chi connectivity index (χ2n) is 7.49. The van der Waals surface area contributed by atoms with E-state index < -0.39 is 0 Å². The van der Waals surface area contributed by atoms with E-state index in [1.165, 1.54) is 19.4 Å². The summed E-state index contributed by atoms with van der Waals surface area (Å²) in [5.74, 6) is 2.64. The third-order valence-electron chi connectivity index (χ3n) is 5.26. The van der Waals surface area contributed by atoms with E-state index >= 15 is 0 Å². The third kappa shape index (κ3) is 3.68. The first-order valence-corrected chi connectivity index (χ1v) is 9.51. The number of nitrogens with zero attached hydrogens (tertiary/aromatic N) is 3. The third-order valence-corrected chi connectivity index (χ3v) is 5.26. The maximum atomic E-state index is 6.22. The SMILES string of the molecule is COCc1nnc(-c2cc3ccccc3cc2OCC2CN2CC2CC2)o1. The van der Waals surface area contributed by atoms with E-state index in [4.69, 9.17) is 13.9 Å².